The maximum atomic E-state index is 10.7. The van der Waals surface area contributed by atoms with Crippen LogP contribution in [0.2, 0.25) is 0 Å². The van der Waals surface area contributed by atoms with E-state index in [0.717, 1.165) is 37.1 Å². The van der Waals surface area contributed by atoms with Gasteiger partial charge in [0.05, 0.1) is 0 Å². The minimum Gasteiger partial charge on any atom is -0.508 e. The zero-order valence-corrected chi connectivity index (χ0v) is 14.8. The second-order valence-corrected chi connectivity index (χ2v) is 8.23. The summed E-state index contributed by atoms with van der Waals surface area (Å²) in [6, 6.07) is 6.58. The number of carboxylic acid groups (broad SMARTS) is 1. The molecule has 25 heavy (non-hydrogen) atoms. The summed E-state index contributed by atoms with van der Waals surface area (Å²) in [6.07, 6.45) is 8.46. The van der Waals surface area contributed by atoms with Crippen molar-refractivity contribution in [3.8, 4) is 5.75 Å². The summed E-state index contributed by atoms with van der Waals surface area (Å²) >= 11 is 0. The molecule has 0 bridgehead atoms. The number of fused-ring (bicyclic) bond motifs is 5. The fraction of sp³-hybridized carbons (Fsp3) is 0.667. The van der Waals surface area contributed by atoms with Crippen LogP contribution < -0.4 is 5.32 Å². The highest BCUT2D eigenvalue weighted by molar-refractivity contribution is 5.66. The Balaban J connectivity index is 1.41. The summed E-state index contributed by atoms with van der Waals surface area (Å²) in [5.41, 5.74) is 2.85. The third kappa shape index (κ3) is 3.29. The van der Waals surface area contributed by atoms with Gasteiger partial charge in [0.25, 0.3) is 0 Å². The van der Waals surface area contributed by atoms with Gasteiger partial charge >= 0.3 is 5.97 Å². The van der Waals surface area contributed by atoms with Gasteiger partial charge in [-0.25, -0.2) is 0 Å². The van der Waals surface area contributed by atoms with Crippen LogP contribution in [0.3, 0.4) is 0 Å². The average molecular weight is 343 g/mol. The number of carboxylic acids is 1. The van der Waals surface area contributed by atoms with Crippen molar-refractivity contribution in [3.05, 3.63) is 29.3 Å². The molecule has 136 valence electrons. The Labute approximate surface area is 149 Å². The van der Waals surface area contributed by atoms with Gasteiger partial charge in [-0.05, 0) is 98.4 Å². The molecule has 0 heterocycles. The van der Waals surface area contributed by atoms with E-state index in [1.54, 1.807) is 0 Å². The number of phenols is 1. The quantitative estimate of drug-likeness (QED) is 0.713. The SMILES string of the molecule is O=C(O)CCCN[C@H]1CC[C@@H]2C1CC[C@@H]1c3ccc(O)cc3CC[C@H]12. The second kappa shape index (κ2) is 6.99. The first-order chi connectivity index (χ1) is 12.1. The molecule has 0 radical (unpaired) electrons. The smallest absolute Gasteiger partial charge is 0.303 e. The Morgan fingerprint density at radius 3 is 2.76 bits per heavy atom. The molecular weight excluding hydrogens is 314 g/mol. The lowest BCUT2D eigenvalue weighted by molar-refractivity contribution is -0.137. The highest BCUT2D eigenvalue weighted by atomic mass is 16.4. The van der Waals surface area contributed by atoms with E-state index in [2.05, 4.69) is 11.4 Å². The van der Waals surface area contributed by atoms with E-state index in [9.17, 15) is 9.90 Å². The van der Waals surface area contributed by atoms with E-state index in [1.165, 1.54) is 43.2 Å². The highest BCUT2D eigenvalue weighted by Gasteiger charge is 2.47. The van der Waals surface area contributed by atoms with Crippen LogP contribution in [-0.4, -0.2) is 28.8 Å². The molecule has 1 unspecified atom stereocenters. The average Bonchev–Trinajstić information content (AvgIpc) is 3.01. The molecule has 1 aromatic rings. The van der Waals surface area contributed by atoms with Crippen LogP contribution in [0, 0.1) is 17.8 Å². The molecular formula is C21H29NO3. The summed E-state index contributed by atoms with van der Waals surface area (Å²) in [6.45, 7) is 0.830. The Bertz CT molecular complexity index is 644. The van der Waals surface area contributed by atoms with Crippen molar-refractivity contribution in [1.82, 2.24) is 5.32 Å². The first-order valence-electron chi connectivity index (χ1n) is 9.90. The fourth-order valence-corrected chi connectivity index (χ4v) is 6.00. The van der Waals surface area contributed by atoms with Crippen LogP contribution in [0.4, 0.5) is 0 Å². The van der Waals surface area contributed by atoms with Crippen molar-refractivity contribution >= 4 is 5.97 Å². The zero-order valence-electron chi connectivity index (χ0n) is 14.8. The third-order valence-corrected chi connectivity index (χ3v) is 7.00. The van der Waals surface area contributed by atoms with E-state index in [0.29, 0.717) is 17.7 Å². The monoisotopic (exact) mass is 343 g/mol. The van der Waals surface area contributed by atoms with Gasteiger partial charge in [0.2, 0.25) is 0 Å². The number of phenolic OH excluding ortho intramolecular Hbond substituents is 1. The van der Waals surface area contributed by atoms with Crippen molar-refractivity contribution in [2.24, 2.45) is 17.8 Å². The molecule has 2 fully saturated rings. The van der Waals surface area contributed by atoms with Crippen LogP contribution in [0.1, 0.15) is 62.0 Å². The van der Waals surface area contributed by atoms with Crippen LogP contribution in [0.5, 0.6) is 5.75 Å². The van der Waals surface area contributed by atoms with E-state index < -0.39 is 5.97 Å². The number of hydrogen-bond donors (Lipinski definition) is 3. The molecule has 3 N–H and O–H groups in total. The van der Waals surface area contributed by atoms with Gasteiger partial charge in [-0.15, -0.1) is 0 Å². The molecule has 0 saturated heterocycles. The third-order valence-electron chi connectivity index (χ3n) is 7.00. The van der Waals surface area contributed by atoms with E-state index in [-0.39, 0.29) is 6.42 Å². The zero-order chi connectivity index (χ0) is 17.4. The van der Waals surface area contributed by atoms with Crippen LogP contribution in [0.25, 0.3) is 0 Å². The number of carbonyl (C=O) groups is 1. The van der Waals surface area contributed by atoms with E-state index in [4.69, 9.17) is 5.11 Å². The lowest BCUT2D eigenvalue weighted by Gasteiger charge is -2.45. The molecule has 3 aliphatic rings. The Morgan fingerprint density at radius 2 is 1.92 bits per heavy atom. The predicted molar refractivity (Wildman–Crippen MR) is 96.8 cm³/mol. The van der Waals surface area contributed by atoms with Crippen LogP contribution in [0.15, 0.2) is 18.2 Å². The number of aliphatic carboxylic acids is 1. The van der Waals surface area contributed by atoms with Crippen molar-refractivity contribution in [3.63, 3.8) is 0 Å². The standard InChI is InChI=1S/C21H29NO3/c23-14-4-6-15-13(12-14)3-5-17-16(15)7-8-19-18(17)9-10-20(19)22-11-1-2-21(24)25/h4,6,12,16-20,22-23H,1-3,5,7-11H2,(H,24,25)/t16-,17-,18+,19?,20+/m1/s1. The molecule has 2 saturated carbocycles. The topological polar surface area (TPSA) is 69.6 Å². The molecule has 3 aliphatic carbocycles. The van der Waals surface area contributed by atoms with Crippen molar-refractivity contribution in [2.45, 2.75) is 63.3 Å². The number of rotatable bonds is 5. The lowest BCUT2D eigenvalue weighted by atomic mass is 9.60. The first-order valence-corrected chi connectivity index (χ1v) is 9.90. The molecule has 4 heteroatoms. The van der Waals surface area contributed by atoms with Gasteiger partial charge in [-0.1, -0.05) is 6.07 Å². The first kappa shape index (κ1) is 16.9. The minimum absolute atomic E-state index is 0.266. The summed E-state index contributed by atoms with van der Waals surface area (Å²) in [4.78, 5) is 10.7. The summed E-state index contributed by atoms with van der Waals surface area (Å²) in [7, 11) is 0. The number of nitrogens with one attached hydrogen (secondary N) is 1. The summed E-state index contributed by atoms with van der Waals surface area (Å²) < 4.78 is 0. The minimum atomic E-state index is -0.696. The van der Waals surface area contributed by atoms with E-state index >= 15 is 0 Å². The molecule has 4 nitrogen and oxygen atoms in total. The summed E-state index contributed by atoms with van der Waals surface area (Å²) in [5, 5.41) is 22.2. The molecule has 0 aromatic heterocycles. The Morgan fingerprint density at radius 1 is 1.08 bits per heavy atom. The maximum Gasteiger partial charge on any atom is 0.303 e. The molecule has 0 aliphatic heterocycles. The maximum absolute atomic E-state index is 10.7. The van der Waals surface area contributed by atoms with Gasteiger partial charge < -0.3 is 15.5 Å². The summed E-state index contributed by atoms with van der Waals surface area (Å²) in [5.74, 6) is 2.76. The van der Waals surface area contributed by atoms with Gasteiger partial charge in [0, 0.05) is 12.5 Å². The number of hydrogen-bond acceptors (Lipinski definition) is 3. The van der Waals surface area contributed by atoms with Gasteiger partial charge in [0.15, 0.2) is 0 Å². The molecule has 5 atom stereocenters. The lowest BCUT2D eigenvalue weighted by Crippen LogP contribution is -2.41. The van der Waals surface area contributed by atoms with Crippen LogP contribution in [-0.2, 0) is 11.2 Å². The van der Waals surface area contributed by atoms with Gasteiger partial charge in [0.1, 0.15) is 5.75 Å². The van der Waals surface area contributed by atoms with Crippen LogP contribution >= 0.6 is 0 Å². The highest BCUT2D eigenvalue weighted by Crippen LogP contribution is 2.55. The van der Waals surface area contributed by atoms with Gasteiger partial charge in [-0.2, -0.15) is 0 Å². The van der Waals surface area contributed by atoms with Crippen molar-refractivity contribution < 1.29 is 15.0 Å². The fourth-order valence-electron chi connectivity index (χ4n) is 6.00. The van der Waals surface area contributed by atoms with Crippen molar-refractivity contribution in [1.29, 1.82) is 0 Å². The second-order valence-electron chi connectivity index (χ2n) is 8.23. The normalized spacial score (nSPS) is 33.4. The van der Waals surface area contributed by atoms with Crippen molar-refractivity contribution in [2.75, 3.05) is 6.54 Å². The number of benzene rings is 1. The molecule has 0 spiro atoms. The van der Waals surface area contributed by atoms with E-state index in [1.807, 2.05) is 12.1 Å². The largest absolute Gasteiger partial charge is 0.508 e. The molecule has 0 amide bonds. The Hall–Kier alpha value is -1.55. The molecule has 4 rings (SSSR count). The number of aromatic hydroxyl groups is 1. The molecule has 1 aromatic carbocycles. The Kier molecular flexibility index (Phi) is 4.72. The van der Waals surface area contributed by atoms with Gasteiger partial charge in [-0.3, -0.25) is 4.79 Å². The number of aryl methyl sites for hydroxylation is 1. The predicted octanol–water partition coefficient (Wildman–Crippen LogP) is 3.68.